The maximum Gasteiger partial charge on any atom is 0.357 e. The highest BCUT2D eigenvalue weighted by Gasteiger charge is 2.29. The number of nitrogens with one attached hydrogen (secondary N) is 3. The highest BCUT2D eigenvalue weighted by molar-refractivity contribution is 5.99. The number of guanidine groups is 1. The molecule has 0 radical (unpaired) electrons. The Kier molecular flexibility index (Phi) is 4.43. The molecule has 7 heteroatoms. The van der Waals surface area contributed by atoms with Gasteiger partial charge in [0.2, 0.25) is 0 Å². The summed E-state index contributed by atoms with van der Waals surface area (Å²) in [4.78, 5) is 20.4. The summed E-state index contributed by atoms with van der Waals surface area (Å²) in [6.45, 7) is 5.88. The van der Waals surface area contributed by atoms with Crippen LogP contribution in [-0.2, 0) is 0 Å². The fourth-order valence-electron chi connectivity index (χ4n) is 3.20. The van der Waals surface area contributed by atoms with Gasteiger partial charge >= 0.3 is 5.96 Å². The lowest BCUT2D eigenvalue weighted by atomic mass is 10.1. The van der Waals surface area contributed by atoms with E-state index in [1.807, 2.05) is 25.1 Å². The van der Waals surface area contributed by atoms with Crippen LogP contribution in [0, 0.1) is 26.6 Å². The van der Waals surface area contributed by atoms with Gasteiger partial charge < -0.3 is 0 Å². The molecule has 28 heavy (non-hydrogen) atoms. The molecule has 6 nitrogen and oxygen atoms in total. The fraction of sp³-hybridized carbons (Fsp3) is 0.190. The monoisotopic (exact) mass is 378 g/mol. The molecule has 0 spiro atoms. The van der Waals surface area contributed by atoms with Gasteiger partial charge in [-0.15, -0.1) is 0 Å². The number of fused-ring (bicyclic) bond motifs is 1. The van der Waals surface area contributed by atoms with Crippen molar-refractivity contribution in [3.63, 3.8) is 0 Å². The second kappa shape index (κ2) is 6.92. The van der Waals surface area contributed by atoms with Crippen molar-refractivity contribution >= 4 is 17.6 Å². The molecule has 0 amide bonds. The zero-order valence-corrected chi connectivity index (χ0v) is 15.9. The highest BCUT2D eigenvalue weighted by Crippen LogP contribution is 2.18. The molecule has 2 aromatic carbocycles. The van der Waals surface area contributed by atoms with Crippen LogP contribution in [0.4, 0.5) is 16.0 Å². The lowest BCUT2D eigenvalue weighted by molar-refractivity contribution is -0.520. The minimum atomic E-state index is -0.522. The minimum Gasteiger partial charge on any atom is -0.269 e. The average molecular weight is 378 g/mol. The number of rotatable bonds is 2. The van der Waals surface area contributed by atoms with E-state index in [0.717, 1.165) is 11.3 Å². The predicted molar refractivity (Wildman–Crippen MR) is 107 cm³/mol. The second-order valence-electron chi connectivity index (χ2n) is 6.95. The lowest BCUT2D eigenvalue weighted by Crippen LogP contribution is -2.82. The third-order valence-electron chi connectivity index (χ3n) is 4.82. The first kappa shape index (κ1) is 17.9. The van der Waals surface area contributed by atoms with E-state index in [4.69, 9.17) is 0 Å². The highest BCUT2D eigenvalue weighted by atomic mass is 19.1. The van der Waals surface area contributed by atoms with E-state index >= 15 is 0 Å². The van der Waals surface area contributed by atoms with Crippen LogP contribution in [0.2, 0.25) is 0 Å². The zero-order valence-electron chi connectivity index (χ0n) is 15.9. The van der Waals surface area contributed by atoms with E-state index in [1.54, 1.807) is 19.1 Å². The molecule has 142 valence electrons. The molecule has 1 unspecified atom stereocenters. The average Bonchev–Trinajstić information content (AvgIpc) is 2.64. The van der Waals surface area contributed by atoms with Crippen LogP contribution in [0.25, 0.3) is 0 Å². The molecule has 4 rings (SSSR count). The first-order chi connectivity index (χ1) is 13.4. The van der Waals surface area contributed by atoms with Crippen molar-refractivity contribution in [1.82, 2.24) is 9.55 Å². The molecule has 0 bridgehead atoms. The van der Waals surface area contributed by atoms with Gasteiger partial charge in [0.25, 0.3) is 11.5 Å². The third-order valence-corrected chi connectivity index (χ3v) is 4.82. The second-order valence-corrected chi connectivity index (χ2v) is 6.95. The van der Waals surface area contributed by atoms with Gasteiger partial charge in [-0.1, -0.05) is 18.2 Å². The normalized spacial score (nSPS) is 15.4. The first-order valence-corrected chi connectivity index (χ1v) is 9.01. The largest absolute Gasteiger partial charge is 0.357 e. The lowest BCUT2D eigenvalue weighted by Gasteiger charge is -2.23. The van der Waals surface area contributed by atoms with Gasteiger partial charge in [0.1, 0.15) is 5.82 Å². The molecule has 1 aliphatic rings. The van der Waals surface area contributed by atoms with Gasteiger partial charge in [-0.25, -0.2) is 24.6 Å². The van der Waals surface area contributed by atoms with Crippen molar-refractivity contribution < 1.29 is 9.38 Å². The van der Waals surface area contributed by atoms with Crippen LogP contribution in [0.1, 0.15) is 28.6 Å². The maximum absolute atomic E-state index is 13.4. The van der Waals surface area contributed by atoms with E-state index in [-0.39, 0.29) is 11.4 Å². The van der Waals surface area contributed by atoms with Crippen molar-refractivity contribution in [2.24, 2.45) is 0 Å². The van der Waals surface area contributed by atoms with Crippen molar-refractivity contribution in [2.75, 3.05) is 10.6 Å². The SMILES string of the molecule is Cc1cc(=O)n2c(n1)NC(Nc1ccc(C)c(C)c1)=[NH+]C2c1ccc(F)cc1. The van der Waals surface area contributed by atoms with Crippen LogP contribution in [-0.4, -0.2) is 15.5 Å². The Morgan fingerprint density at radius 1 is 1.07 bits per heavy atom. The molecule has 1 aromatic heterocycles. The van der Waals surface area contributed by atoms with E-state index < -0.39 is 6.17 Å². The first-order valence-electron chi connectivity index (χ1n) is 9.01. The predicted octanol–water partition coefficient (Wildman–Crippen LogP) is 1.83. The summed E-state index contributed by atoms with van der Waals surface area (Å²) >= 11 is 0. The number of aromatic nitrogens is 2. The number of nitrogens with zero attached hydrogens (tertiary/aromatic N) is 2. The van der Waals surface area contributed by atoms with Crippen molar-refractivity contribution in [3.05, 3.63) is 87.1 Å². The Balaban J connectivity index is 1.78. The molecule has 0 aliphatic carbocycles. The summed E-state index contributed by atoms with van der Waals surface area (Å²) in [6.07, 6.45) is -0.522. The van der Waals surface area contributed by atoms with Crippen LogP contribution < -0.4 is 21.2 Å². The summed E-state index contributed by atoms with van der Waals surface area (Å²) in [5.74, 6) is 0.684. The Labute approximate surface area is 161 Å². The van der Waals surface area contributed by atoms with E-state index in [2.05, 4.69) is 27.5 Å². The van der Waals surface area contributed by atoms with Crippen molar-refractivity contribution in [3.8, 4) is 0 Å². The van der Waals surface area contributed by atoms with Crippen LogP contribution in [0.15, 0.2) is 53.3 Å². The smallest absolute Gasteiger partial charge is 0.269 e. The summed E-state index contributed by atoms with van der Waals surface area (Å²) < 4.78 is 14.9. The standard InChI is InChI=1S/C21H20FN5O/c1-12-4-9-17(10-13(12)2)24-20-25-19(15-5-7-16(22)8-6-15)27-18(28)11-14(3)23-21(27)26-20/h4-11,19H,1-3H3,(H2,23,24,25,26)/p+1. The zero-order chi connectivity index (χ0) is 19.8. The molecule has 3 aromatic rings. The number of aryl methyl sites for hydroxylation is 3. The van der Waals surface area contributed by atoms with Crippen LogP contribution >= 0.6 is 0 Å². The van der Waals surface area contributed by atoms with Crippen LogP contribution in [0.5, 0.6) is 0 Å². The molecule has 0 saturated carbocycles. The van der Waals surface area contributed by atoms with Gasteiger partial charge in [-0.05, 0) is 56.2 Å². The third kappa shape index (κ3) is 3.38. The summed E-state index contributed by atoms with van der Waals surface area (Å²) in [7, 11) is 0. The number of benzene rings is 2. The Morgan fingerprint density at radius 2 is 1.82 bits per heavy atom. The Bertz CT molecular complexity index is 1130. The number of hydrogen-bond donors (Lipinski definition) is 3. The quantitative estimate of drug-likeness (QED) is 0.636. The molecule has 0 saturated heterocycles. The molecule has 2 heterocycles. The minimum absolute atomic E-state index is 0.193. The van der Waals surface area contributed by atoms with Crippen LogP contribution in [0.3, 0.4) is 0 Å². The van der Waals surface area contributed by atoms with Gasteiger partial charge in [0.05, 0.1) is 5.69 Å². The maximum atomic E-state index is 13.4. The van der Waals surface area contributed by atoms with Gasteiger partial charge in [-0.2, -0.15) is 0 Å². The molecule has 1 atom stereocenters. The van der Waals surface area contributed by atoms with E-state index in [9.17, 15) is 9.18 Å². The number of anilines is 2. The van der Waals surface area contributed by atoms with E-state index in [0.29, 0.717) is 17.6 Å². The Morgan fingerprint density at radius 3 is 2.54 bits per heavy atom. The van der Waals surface area contributed by atoms with Gasteiger partial charge in [-0.3, -0.25) is 9.79 Å². The van der Waals surface area contributed by atoms with E-state index in [1.165, 1.54) is 33.9 Å². The molecular weight excluding hydrogens is 357 g/mol. The number of halogens is 1. The number of hydrogen-bond acceptors (Lipinski definition) is 4. The molecule has 1 aliphatic heterocycles. The molecular formula is C21H21FN5O+. The van der Waals surface area contributed by atoms with Crippen molar-refractivity contribution in [2.45, 2.75) is 26.9 Å². The Hall–Kier alpha value is -3.48. The van der Waals surface area contributed by atoms with Gasteiger partial charge in [0.15, 0.2) is 6.17 Å². The fourth-order valence-corrected chi connectivity index (χ4v) is 3.20. The summed E-state index contributed by atoms with van der Waals surface area (Å²) in [6, 6.07) is 13.6. The van der Waals surface area contributed by atoms with Gasteiger partial charge in [0, 0.05) is 17.3 Å². The summed E-state index contributed by atoms with van der Waals surface area (Å²) in [5.41, 5.74) is 4.45. The molecule has 3 N–H and O–H groups in total. The van der Waals surface area contributed by atoms with Crippen molar-refractivity contribution in [1.29, 1.82) is 0 Å². The summed E-state index contributed by atoms with van der Waals surface area (Å²) in [5, 5.41) is 6.45. The topological polar surface area (TPSA) is 72.9 Å². The molecule has 0 fully saturated rings.